The molecular weight excluding hydrogens is 186 g/mol. The van der Waals surface area contributed by atoms with E-state index in [1.54, 1.807) is 0 Å². The highest BCUT2D eigenvalue weighted by Gasteiger charge is 2.34. The fraction of sp³-hybridized carbons (Fsp3) is 0.556. The van der Waals surface area contributed by atoms with E-state index in [0.29, 0.717) is 19.6 Å². The van der Waals surface area contributed by atoms with Crippen molar-refractivity contribution in [1.82, 2.24) is 5.32 Å². The van der Waals surface area contributed by atoms with Crippen molar-refractivity contribution in [2.45, 2.75) is 18.6 Å². The van der Waals surface area contributed by atoms with Crippen LogP contribution in [-0.2, 0) is 14.3 Å². The van der Waals surface area contributed by atoms with Crippen LogP contribution in [0.5, 0.6) is 0 Å². The molecular formula is C9H13NO4. The Bertz CT molecular complexity index is 251. The van der Waals surface area contributed by atoms with Crippen molar-refractivity contribution in [2.75, 3.05) is 13.2 Å². The number of carbonyl (C=O) groups excluding carboxylic acids is 1. The Kier molecular flexibility index (Phi) is 3.79. The summed E-state index contributed by atoms with van der Waals surface area (Å²) in [4.78, 5) is 22.1. The van der Waals surface area contributed by atoms with Gasteiger partial charge in [-0.1, -0.05) is 6.58 Å². The second kappa shape index (κ2) is 4.88. The number of aliphatic carboxylic acids is 1. The average Bonchev–Trinajstić information content (AvgIpc) is 2.41. The van der Waals surface area contributed by atoms with E-state index >= 15 is 0 Å². The maximum absolute atomic E-state index is 11.3. The first-order valence-corrected chi connectivity index (χ1v) is 4.41. The van der Waals surface area contributed by atoms with Crippen LogP contribution in [0.1, 0.15) is 6.42 Å². The van der Waals surface area contributed by atoms with Crippen molar-refractivity contribution in [2.24, 2.45) is 0 Å². The van der Waals surface area contributed by atoms with Crippen LogP contribution >= 0.6 is 0 Å². The molecule has 2 unspecified atom stereocenters. The van der Waals surface area contributed by atoms with Crippen LogP contribution in [0, 0.1) is 0 Å². The van der Waals surface area contributed by atoms with Gasteiger partial charge in [0.05, 0.1) is 0 Å². The van der Waals surface area contributed by atoms with Gasteiger partial charge in [0.25, 0.3) is 0 Å². The van der Waals surface area contributed by atoms with Gasteiger partial charge < -0.3 is 15.2 Å². The lowest BCUT2D eigenvalue weighted by Crippen LogP contribution is -2.49. The lowest BCUT2D eigenvalue weighted by molar-refractivity contribution is -0.147. The zero-order valence-electron chi connectivity index (χ0n) is 7.73. The number of carboxylic acid groups (broad SMARTS) is 1. The SMILES string of the molecule is C=CC(=O)C1OCCCNC1C(=O)O. The van der Waals surface area contributed by atoms with Crippen LogP contribution in [0.15, 0.2) is 12.7 Å². The van der Waals surface area contributed by atoms with Gasteiger partial charge in [0.1, 0.15) is 12.1 Å². The number of nitrogens with one attached hydrogen (secondary N) is 1. The van der Waals surface area contributed by atoms with Gasteiger partial charge in [-0.2, -0.15) is 0 Å². The standard InChI is InChI=1S/C9H13NO4/c1-2-6(11)8-7(9(12)13)10-4-3-5-14-8/h2,7-8,10H,1,3-5H2,(H,12,13). The summed E-state index contributed by atoms with van der Waals surface area (Å²) >= 11 is 0. The summed E-state index contributed by atoms with van der Waals surface area (Å²) in [6.45, 7) is 4.24. The van der Waals surface area contributed by atoms with Gasteiger partial charge in [-0.3, -0.25) is 9.59 Å². The first-order valence-electron chi connectivity index (χ1n) is 4.41. The monoisotopic (exact) mass is 199 g/mol. The summed E-state index contributed by atoms with van der Waals surface area (Å²) < 4.78 is 5.17. The first kappa shape index (κ1) is 10.9. The van der Waals surface area contributed by atoms with Gasteiger partial charge in [-0.15, -0.1) is 0 Å². The lowest BCUT2D eigenvalue weighted by Gasteiger charge is -2.19. The number of ketones is 1. The Morgan fingerprint density at radius 2 is 2.29 bits per heavy atom. The molecule has 2 N–H and O–H groups in total. The number of carbonyl (C=O) groups is 2. The second-order valence-electron chi connectivity index (χ2n) is 3.02. The summed E-state index contributed by atoms with van der Waals surface area (Å²) in [6, 6.07) is -0.969. The van der Waals surface area contributed by atoms with Crippen LogP contribution in [0.3, 0.4) is 0 Å². The molecule has 0 bridgehead atoms. The third-order valence-corrected chi connectivity index (χ3v) is 2.03. The highest BCUT2D eigenvalue weighted by Crippen LogP contribution is 2.07. The van der Waals surface area contributed by atoms with E-state index in [9.17, 15) is 9.59 Å². The molecule has 0 aliphatic carbocycles. The van der Waals surface area contributed by atoms with E-state index in [-0.39, 0.29) is 0 Å². The Morgan fingerprint density at radius 3 is 2.86 bits per heavy atom. The van der Waals surface area contributed by atoms with Crippen LogP contribution in [0.4, 0.5) is 0 Å². The quantitative estimate of drug-likeness (QED) is 0.603. The van der Waals surface area contributed by atoms with Crippen molar-refractivity contribution in [3.8, 4) is 0 Å². The summed E-state index contributed by atoms with van der Waals surface area (Å²) in [7, 11) is 0. The third kappa shape index (κ3) is 2.40. The third-order valence-electron chi connectivity index (χ3n) is 2.03. The molecule has 78 valence electrons. The molecule has 0 radical (unpaired) electrons. The van der Waals surface area contributed by atoms with Gasteiger partial charge in [0, 0.05) is 6.61 Å². The maximum Gasteiger partial charge on any atom is 0.323 e. The number of ether oxygens (including phenoxy) is 1. The second-order valence-corrected chi connectivity index (χ2v) is 3.02. The molecule has 0 aromatic carbocycles. The largest absolute Gasteiger partial charge is 0.480 e. The molecule has 1 saturated heterocycles. The average molecular weight is 199 g/mol. The van der Waals surface area contributed by atoms with Gasteiger partial charge in [-0.05, 0) is 19.0 Å². The smallest absolute Gasteiger partial charge is 0.323 e. The molecule has 0 aromatic rings. The minimum absolute atomic E-state index is 0.390. The van der Waals surface area contributed by atoms with E-state index in [2.05, 4.69) is 11.9 Å². The minimum Gasteiger partial charge on any atom is -0.480 e. The highest BCUT2D eigenvalue weighted by atomic mass is 16.5. The van der Waals surface area contributed by atoms with Crippen molar-refractivity contribution in [3.63, 3.8) is 0 Å². The lowest BCUT2D eigenvalue weighted by atomic mass is 10.1. The number of hydrogen-bond acceptors (Lipinski definition) is 4. The van der Waals surface area contributed by atoms with E-state index in [4.69, 9.17) is 9.84 Å². The molecule has 1 fully saturated rings. The van der Waals surface area contributed by atoms with E-state index < -0.39 is 23.9 Å². The zero-order valence-corrected chi connectivity index (χ0v) is 7.73. The van der Waals surface area contributed by atoms with E-state index in [1.165, 1.54) is 0 Å². The molecule has 1 aliphatic rings. The summed E-state index contributed by atoms with van der Waals surface area (Å²) in [5.41, 5.74) is 0. The van der Waals surface area contributed by atoms with Crippen LogP contribution in [-0.4, -0.2) is 42.2 Å². The van der Waals surface area contributed by atoms with Crippen molar-refractivity contribution < 1.29 is 19.4 Å². The number of carboxylic acids is 1. The van der Waals surface area contributed by atoms with Gasteiger partial charge in [-0.25, -0.2) is 0 Å². The Hall–Kier alpha value is -1.20. The van der Waals surface area contributed by atoms with E-state index in [1.807, 2.05) is 0 Å². The molecule has 0 saturated carbocycles. The Labute approximate surface area is 81.7 Å². The molecule has 5 heteroatoms. The van der Waals surface area contributed by atoms with Crippen LogP contribution in [0.2, 0.25) is 0 Å². The first-order chi connectivity index (χ1) is 6.66. The van der Waals surface area contributed by atoms with Gasteiger partial charge in [0.2, 0.25) is 0 Å². The molecule has 0 aromatic heterocycles. The fourth-order valence-corrected chi connectivity index (χ4v) is 1.32. The molecule has 0 spiro atoms. The summed E-state index contributed by atoms with van der Waals surface area (Å²) in [5, 5.41) is 11.6. The molecule has 1 aliphatic heterocycles. The Morgan fingerprint density at radius 1 is 1.57 bits per heavy atom. The topological polar surface area (TPSA) is 75.6 Å². The highest BCUT2D eigenvalue weighted by molar-refractivity contribution is 5.97. The summed E-state index contributed by atoms with van der Waals surface area (Å²) in [6.07, 6.45) is 0.839. The van der Waals surface area contributed by atoms with Crippen LogP contribution < -0.4 is 5.32 Å². The molecule has 5 nitrogen and oxygen atoms in total. The van der Waals surface area contributed by atoms with E-state index in [0.717, 1.165) is 6.08 Å². The predicted octanol–water partition coefficient (Wildman–Crippen LogP) is -0.427. The molecule has 2 atom stereocenters. The molecule has 0 amide bonds. The van der Waals surface area contributed by atoms with Crippen molar-refractivity contribution >= 4 is 11.8 Å². The zero-order chi connectivity index (χ0) is 10.6. The fourth-order valence-electron chi connectivity index (χ4n) is 1.32. The van der Waals surface area contributed by atoms with Crippen molar-refractivity contribution in [1.29, 1.82) is 0 Å². The molecule has 1 heterocycles. The molecule has 1 rings (SSSR count). The van der Waals surface area contributed by atoms with Gasteiger partial charge in [0.15, 0.2) is 5.78 Å². The Balaban J connectivity index is 2.78. The normalized spacial score (nSPS) is 27.7. The minimum atomic E-state index is -1.08. The summed E-state index contributed by atoms with van der Waals surface area (Å²) in [5.74, 6) is -1.47. The van der Waals surface area contributed by atoms with Gasteiger partial charge >= 0.3 is 5.97 Å². The molecule has 14 heavy (non-hydrogen) atoms. The number of rotatable bonds is 3. The number of hydrogen-bond donors (Lipinski definition) is 2. The van der Waals surface area contributed by atoms with Crippen molar-refractivity contribution in [3.05, 3.63) is 12.7 Å². The maximum atomic E-state index is 11.3. The predicted molar refractivity (Wildman–Crippen MR) is 49.0 cm³/mol. The van der Waals surface area contributed by atoms with Crippen LogP contribution in [0.25, 0.3) is 0 Å².